The first kappa shape index (κ1) is 12.3. The molecule has 100 valence electrons. The normalized spacial score (nSPS) is 14.8. The summed E-state index contributed by atoms with van der Waals surface area (Å²) in [5.74, 6) is -1.62. The molecule has 1 aliphatic carbocycles. The molecular formula is C14H15F2N3. The molecule has 0 atom stereocenters. The first-order valence-electron chi connectivity index (χ1n) is 6.38. The minimum atomic E-state index is -0.815. The fraction of sp³-hybridized carbons (Fsp3) is 0.357. The van der Waals surface area contributed by atoms with Crippen LogP contribution in [0.3, 0.4) is 0 Å². The lowest BCUT2D eigenvalue weighted by molar-refractivity contribution is 0.506. The van der Waals surface area contributed by atoms with Gasteiger partial charge in [-0.3, -0.25) is 0 Å². The van der Waals surface area contributed by atoms with Crippen LogP contribution >= 0.6 is 0 Å². The first-order valence-corrected chi connectivity index (χ1v) is 6.38. The fourth-order valence-corrected chi connectivity index (χ4v) is 2.01. The largest absolute Gasteiger partial charge is 0.329 e. The van der Waals surface area contributed by atoms with Crippen molar-refractivity contribution in [2.24, 2.45) is 0 Å². The molecule has 5 heteroatoms. The molecule has 0 radical (unpaired) electrons. The van der Waals surface area contributed by atoms with Crippen LogP contribution in [0.1, 0.15) is 24.1 Å². The van der Waals surface area contributed by atoms with Gasteiger partial charge in [0.15, 0.2) is 11.6 Å². The molecule has 1 saturated carbocycles. The van der Waals surface area contributed by atoms with E-state index in [-0.39, 0.29) is 0 Å². The summed E-state index contributed by atoms with van der Waals surface area (Å²) < 4.78 is 28.0. The number of benzene rings is 1. The molecule has 1 heterocycles. The summed E-state index contributed by atoms with van der Waals surface area (Å²) in [6.07, 6.45) is 5.98. The highest BCUT2D eigenvalue weighted by Crippen LogP contribution is 2.19. The maximum absolute atomic E-state index is 13.2. The van der Waals surface area contributed by atoms with Crippen LogP contribution in [0.15, 0.2) is 30.7 Å². The quantitative estimate of drug-likeness (QED) is 0.898. The van der Waals surface area contributed by atoms with E-state index in [9.17, 15) is 8.78 Å². The van der Waals surface area contributed by atoms with Gasteiger partial charge in [0.25, 0.3) is 0 Å². The van der Waals surface area contributed by atoms with Crippen molar-refractivity contribution in [1.29, 1.82) is 0 Å². The van der Waals surface area contributed by atoms with Crippen LogP contribution < -0.4 is 5.32 Å². The van der Waals surface area contributed by atoms with Crippen LogP contribution in [0.5, 0.6) is 0 Å². The number of halogens is 2. The predicted molar refractivity (Wildman–Crippen MR) is 67.5 cm³/mol. The van der Waals surface area contributed by atoms with Gasteiger partial charge in [-0.1, -0.05) is 6.07 Å². The van der Waals surface area contributed by atoms with E-state index in [0.717, 1.165) is 23.9 Å². The second kappa shape index (κ2) is 5.09. The van der Waals surface area contributed by atoms with Crippen molar-refractivity contribution < 1.29 is 8.78 Å². The van der Waals surface area contributed by atoms with E-state index < -0.39 is 11.6 Å². The predicted octanol–water partition coefficient (Wildman–Crippen LogP) is 2.46. The zero-order chi connectivity index (χ0) is 13.2. The molecule has 3 rings (SSSR count). The molecule has 1 aliphatic rings. The van der Waals surface area contributed by atoms with Gasteiger partial charge in [0.1, 0.15) is 0 Å². The van der Waals surface area contributed by atoms with Gasteiger partial charge in [-0.05, 0) is 30.5 Å². The summed E-state index contributed by atoms with van der Waals surface area (Å²) in [5, 5.41) is 3.41. The Bertz CT molecular complexity index is 576. The molecule has 1 fully saturated rings. The summed E-state index contributed by atoms with van der Waals surface area (Å²) >= 11 is 0. The molecule has 3 nitrogen and oxygen atoms in total. The standard InChI is InChI=1S/C14H15F2N3/c15-13-4-1-10(5-14(13)16)8-19-9-17-6-12(19)7-18-11-2-3-11/h1,4-6,9,11,18H,2-3,7-8H2. The number of hydrogen-bond acceptors (Lipinski definition) is 2. The van der Waals surface area contributed by atoms with Crippen molar-refractivity contribution in [3.63, 3.8) is 0 Å². The van der Waals surface area contributed by atoms with Crippen LogP contribution in [0.4, 0.5) is 8.78 Å². The Morgan fingerprint density at radius 2 is 2.11 bits per heavy atom. The van der Waals surface area contributed by atoms with Gasteiger partial charge < -0.3 is 9.88 Å². The molecule has 19 heavy (non-hydrogen) atoms. The highest BCUT2D eigenvalue weighted by molar-refractivity contribution is 5.19. The molecule has 0 spiro atoms. The van der Waals surface area contributed by atoms with Crippen molar-refractivity contribution >= 4 is 0 Å². The average molecular weight is 263 g/mol. The van der Waals surface area contributed by atoms with E-state index in [1.54, 1.807) is 18.6 Å². The zero-order valence-corrected chi connectivity index (χ0v) is 10.4. The lowest BCUT2D eigenvalue weighted by atomic mass is 10.2. The second-order valence-electron chi connectivity index (χ2n) is 4.92. The van der Waals surface area contributed by atoms with Crippen LogP contribution in [-0.4, -0.2) is 15.6 Å². The van der Waals surface area contributed by atoms with Crippen molar-refractivity contribution in [1.82, 2.24) is 14.9 Å². The number of rotatable bonds is 5. The van der Waals surface area contributed by atoms with Crippen molar-refractivity contribution in [2.45, 2.75) is 32.0 Å². The van der Waals surface area contributed by atoms with Gasteiger partial charge in [-0.2, -0.15) is 0 Å². The molecule has 0 aliphatic heterocycles. The van der Waals surface area contributed by atoms with E-state index in [1.165, 1.54) is 18.9 Å². The zero-order valence-electron chi connectivity index (χ0n) is 10.4. The SMILES string of the molecule is Fc1ccc(Cn2cncc2CNC2CC2)cc1F. The van der Waals surface area contributed by atoms with Gasteiger partial charge in [0.2, 0.25) is 0 Å². The Balaban J connectivity index is 1.71. The summed E-state index contributed by atoms with van der Waals surface area (Å²) in [5.41, 5.74) is 1.78. The van der Waals surface area contributed by atoms with Crippen molar-refractivity contribution in [3.8, 4) is 0 Å². The van der Waals surface area contributed by atoms with Crippen LogP contribution in [-0.2, 0) is 13.1 Å². The smallest absolute Gasteiger partial charge is 0.159 e. The van der Waals surface area contributed by atoms with Gasteiger partial charge in [0, 0.05) is 25.3 Å². The number of nitrogens with zero attached hydrogens (tertiary/aromatic N) is 2. The summed E-state index contributed by atoms with van der Waals surface area (Å²) in [6, 6.07) is 4.61. The van der Waals surface area contributed by atoms with Gasteiger partial charge in [-0.25, -0.2) is 13.8 Å². The molecular weight excluding hydrogens is 248 g/mol. The Labute approximate surface area is 110 Å². The number of imidazole rings is 1. The maximum Gasteiger partial charge on any atom is 0.159 e. The number of aromatic nitrogens is 2. The highest BCUT2D eigenvalue weighted by Gasteiger charge is 2.20. The van der Waals surface area contributed by atoms with Crippen molar-refractivity contribution in [3.05, 3.63) is 53.6 Å². The average Bonchev–Trinajstić information content (AvgIpc) is 3.12. The third kappa shape index (κ3) is 2.98. The Morgan fingerprint density at radius 1 is 1.26 bits per heavy atom. The van der Waals surface area contributed by atoms with Gasteiger partial charge >= 0.3 is 0 Å². The first-order chi connectivity index (χ1) is 9.22. The van der Waals surface area contributed by atoms with Crippen molar-refractivity contribution in [2.75, 3.05) is 0 Å². The Morgan fingerprint density at radius 3 is 2.84 bits per heavy atom. The van der Waals surface area contributed by atoms with E-state index in [0.29, 0.717) is 12.6 Å². The van der Waals surface area contributed by atoms with E-state index in [1.807, 2.05) is 4.57 Å². The fourth-order valence-electron chi connectivity index (χ4n) is 2.01. The minimum absolute atomic E-state index is 0.499. The van der Waals surface area contributed by atoms with Gasteiger partial charge in [0.05, 0.1) is 12.0 Å². The highest BCUT2D eigenvalue weighted by atomic mass is 19.2. The van der Waals surface area contributed by atoms with E-state index in [2.05, 4.69) is 10.3 Å². The molecule has 0 saturated heterocycles. The number of nitrogens with one attached hydrogen (secondary N) is 1. The molecule has 0 amide bonds. The summed E-state index contributed by atoms with van der Waals surface area (Å²) in [6.45, 7) is 1.26. The molecule has 1 N–H and O–H groups in total. The molecule has 1 aromatic carbocycles. The van der Waals surface area contributed by atoms with E-state index in [4.69, 9.17) is 0 Å². The topological polar surface area (TPSA) is 29.9 Å². The summed E-state index contributed by atoms with van der Waals surface area (Å²) in [7, 11) is 0. The Kier molecular flexibility index (Phi) is 3.29. The monoisotopic (exact) mass is 263 g/mol. The third-order valence-corrected chi connectivity index (χ3v) is 3.28. The van der Waals surface area contributed by atoms with Gasteiger partial charge in [-0.15, -0.1) is 0 Å². The second-order valence-corrected chi connectivity index (χ2v) is 4.92. The van der Waals surface area contributed by atoms with Crippen LogP contribution in [0.2, 0.25) is 0 Å². The number of hydrogen-bond donors (Lipinski definition) is 1. The molecule has 1 aromatic heterocycles. The third-order valence-electron chi connectivity index (χ3n) is 3.28. The maximum atomic E-state index is 13.2. The van der Waals surface area contributed by atoms with E-state index >= 15 is 0 Å². The molecule has 0 unspecified atom stereocenters. The summed E-state index contributed by atoms with van der Waals surface area (Å²) in [4.78, 5) is 4.11. The van der Waals surface area contributed by atoms with Crippen LogP contribution in [0.25, 0.3) is 0 Å². The molecule has 2 aromatic rings. The lowest BCUT2D eigenvalue weighted by Crippen LogP contribution is -2.18. The van der Waals surface area contributed by atoms with Crippen LogP contribution in [0, 0.1) is 11.6 Å². The molecule has 0 bridgehead atoms. The lowest BCUT2D eigenvalue weighted by Gasteiger charge is -2.09. The minimum Gasteiger partial charge on any atom is -0.329 e. The Hall–Kier alpha value is -1.75.